The molecule has 1 aromatic heterocycles. The van der Waals surface area contributed by atoms with Gasteiger partial charge in [0.25, 0.3) is 0 Å². The van der Waals surface area contributed by atoms with E-state index < -0.39 is 0 Å². The first-order valence-corrected chi connectivity index (χ1v) is 4.12. The number of aromatic amines is 1. The van der Waals surface area contributed by atoms with Crippen LogP contribution in [0.5, 0.6) is 0 Å². The predicted octanol–water partition coefficient (Wildman–Crippen LogP) is 1.96. The smallest absolute Gasteiger partial charge is 0.201 e. The van der Waals surface area contributed by atoms with E-state index in [1.807, 2.05) is 12.1 Å². The Morgan fingerprint density at radius 2 is 2.07 bits per heavy atom. The first-order valence-electron chi connectivity index (χ1n) is 3.74. The fraction of sp³-hybridized carbons (Fsp3) is 0. The van der Waals surface area contributed by atoms with E-state index in [4.69, 9.17) is 22.1 Å². The molecule has 0 saturated heterocycles. The van der Waals surface area contributed by atoms with Gasteiger partial charge in [-0.05, 0) is 23.7 Å². The molecule has 2 aromatic rings. The number of nitriles is 2. The van der Waals surface area contributed by atoms with Crippen molar-refractivity contribution in [2.24, 2.45) is 0 Å². The molecule has 1 aromatic carbocycles. The van der Waals surface area contributed by atoms with Crippen LogP contribution in [0.4, 0.5) is 0 Å². The van der Waals surface area contributed by atoms with Crippen LogP contribution >= 0.6 is 11.6 Å². The molecule has 0 aliphatic rings. The first kappa shape index (κ1) is 8.55. The van der Waals surface area contributed by atoms with Crippen LogP contribution in [0.2, 0.25) is 5.28 Å². The van der Waals surface area contributed by atoms with Crippen molar-refractivity contribution in [2.45, 2.75) is 0 Å². The molecule has 2 rings (SSSR count). The minimum Gasteiger partial charge on any atom is -0.328 e. The van der Waals surface area contributed by atoms with Gasteiger partial charge in [0.15, 0.2) is 0 Å². The largest absolute Gasteiger partial charge is 0.328 e. The summed E-state index contributed by atoms with van der Waals surface area (Å²) in [7, 11) is 0. The molecule has 66 valence electrons. The summed E-state index contributed by atoms with van der Waals surface area (Å²) in [5.74, 6) is 0. The summed E-state index contributed by atoms with van der Waals surface area (Å²) < 4.78 is 0. The van der Waals surface area contributed by atoms with E-state index in [2.05, 4.69) is 9.97 Å². The van der Waals surface area contributed by atoms with Crippen LogP contribution < -0.4 is 0 Å². The molecular weight excluding hydrogens is 200 g/mol. The Hall–Kier alpha value is -2.04. The monoisotopic (exact) mass is 202 g/mol. The molecule has 14 heavy (non-hydrogen) atoms. The molecule has 1 N–H and O–H groups in total. The highest BCUT2D eigenvalue weighted by Gasteiger charge is 2.07. The molecule has 0 atom stereocenters. The van der Waals surface area contributed by atoms with Crippen molar-refractivity contribution < 1.29 is 0 Å². The van der Waals surface area contributed by atoms with E-state index >= 15 is 0 Å². The molecule has 0 unspecified atom stereocenters. The maximum Gasteiger partial charge on any atom is 0.201 e. The van der Waals surface area contributed by atoms with E-state index in [0.29, 0.717) is 22.2 Å². The van der Waals surface area contributed by atoms with Crippen LogP contribution in [0.1, 0.15) is 11.1 Å². The highest BCUT2D eigenvalue weighted by atomic mass is 35.5. The number of halogens is 1. The molecule has 0 bridgehead atoms. The maximum atomic E-state index is 8.81. The van der Waals surface area contributed by atoms with Crippen LogP contribution in [0.3, 0.4) is 0 Å². The van der Waals surface area contributed by atoms with Crippen molar-refractivity contribution in [3.8, 4) is 12.1 Å². The van der Waals surface area contributed by atoms with Gasteiger partial charge in [-0.1, -0.05) is 0 Å². The summed E-state index contributed by atoms with van der Waals surface area (Å²) >= 11 is 5.65. The second-order valence-corrected chi connectivity index (χ2v) is 3.03. The number of aromatic nitrogens is 2. The van der Waals surface area contributed by atoms with Crippen LogP contribution in [0.25, 0.3) is 11.0 Å². The summed E-state index contributed by atoms with van der Waals surface area (Å²) in [5.41, 5.74) is 1.86. The molecule has 0 saturated carbocycles. The van der Waals surface area contributed by atoms with E-state index in [1.54, 1.807) is 6.07 Å². The summed E-state index contributed by atoms with van der Waals surface area (Å²) in [6.07, 6.45) is 0. The number of benzene rings is 1. The van der Waals surface area contributed by atoms with Gasteiger partial charge in [0.2, 0.25) is 5.28 Å². The van der Waals surface area contributed by atoms with Gasteiger partial charge in [0.05, 0.1) is 22.7 Å². The highest BCUT2D eigenvalue weighted by molar-refractivity contribution is 6.29. The lowest BCUT2D eigenvalue weighted by Crippen LogP contribution is -1.82. The number of hydrogen-bond acceptors (Lipinski definition) is 3. The third kappa shape index (κ3) is 1.19. The zero-order valence-corrected chi connectivity index (χ0v) is 7.63. The third-order valence-electron chi connectivity index (χ3n) is 1.81. The Balaban J connectivity index is 2.89. The van der Waals surface area contributed by atoms with Crippen molar-refractivity contribution in [2.75, 3.05) is 0 Å². The number of H-pyrrole nitrogens is 1. The first-order chi connectivity index (χ1) is 6.74. The SMILES string of the molecule is N#Cc1cc(C#N)c2nc(Cl)[nH]c2c1. The van der Waals surface area contributed by atoms with Crippen molar-refractivity contribution in [1.29, 1.82) is 10.5 Å². The minimum absolute atomic E-state index is 0.214. The van der Waals surface area contributed by atoms with E-state index in [0.717, 1.165) is 0 Å². The van der Waals surface area contributed by atoms with Gasteiger partial charge in [-0.2, -0.15) is 10.5 Å². The number of nitrogens with one attached hydrogen (secondary N) is 1. The Morgan fingerprint density at radius 3 is 2.71 bits per heavy atom. The van der Waals surface area contributed by atoms with Crippen LogP contribution in [0, 0.1) is 22.7 Å². The lowest BCUT2D eigenvalue weighted by atomic mass is 10.1. The van der Waals surface area contributed by atoms with Crippen LogP contribution in [-0.4, -0.2) is 9.97 Å². The van der Waals surface area contributed by atoms with E-state index in [1.165, 1.54) is 6.07 Å². The summed E-state index contributed by atoms with van der Waals surface area (Å²) in [6.45, 7) is 0. The van der Waals surface area contributed by atoms with E-state index in [9.17, 15) is 0 Å². The maximum absolute atomic E-state index is 8.81. The number of imidazole rings is 1. The average molecular weight is 203 g/mol. The molecule has 0 amide bonds. The van der Waals surface area contributed by atoms with Gasteiger partial charge in [-0.3, -0.25) is 0 Å². The van der Waals surface area contributed by atoms with Crippen LogP contribution in [-0.2, 0) is 0 Å². The molecule has 0 spiro atoms. The third-order valence-corrected chi connectivity index (χ3v) is 1.99. The van der Waals surface area contributed by atoms with Gasteiger partial charge >= 0.3 is 0 Å². The van der Waals surface area contributed by atoms with Gasteiger partial charge in [-0.15, -0.1) is 0 Å². The van der Waals surface area contributed by atoms with Crippen molar-refractivity contribution in [3.05, 3.63) is 28.5 Å². The van der Waals surface area contributed by atoms with Gasteiger partial charge < -0.3 is 4.98 Å². The molecule has 5 heteroatoms. The second-order valence-electron chi connectivity index (χ2n) is 2.67. The zero-order chi connectivity index (χ0) is 10.1. The molecular formula is C9H3ClN4. The van der Waals surface area contributed by atoms with Crippen molar-refractivity contribution >= 4 is 22.6 Å². The van der Waals surface area contributed by atoms with Crippen molar-refractivity contribution in [1.82, 2.24) is 9.97 Å². The van der Waals surface area contributed by atoms with E-state index in [-0.39, 0.29) is 5.28 Å². The average Bonchev–Trinajstić information content (AvgIpc) is 2.56. The number of hydrogen-bond donors (Lipinski definition) is 1. The zero-order valence-electron chi connectivity index (χ0n) is 6.87. The summed E-state index contributed by atoms with van der Waals surface area (Å²) in [4.78, 5) is 6.70. The minimum atomic E-state index is 0.214. The van der Waals surface area contributed by atoms with Crippen LogP contribution in [0.15, 0.2) is 12.1 Å². The number of rotatable bonds is 0. The van der Waals surface area contributed by atoms with Gasteiger partial charge in [0, 0.05) is 0 Å². The summed E-state index contributed by atoms with van der Waals surface area (Å²) in [6, 6.07) is 7.02. The lowest BCUT2D eigenvalue weighted by Gasteiger charge is -1.92. The fourth-order valence-electron chi connectivity index (χ4n) is 1.24. The van der Waals surface area contributed by atoms with Gasteiger partial charge in [-0.25, -0.2) is 4.98 Å². The molecule has 0 radical (unpaired) electrons. The molecule has 0 fully saturated rings. The van der Waals surface area contributed by atoms with Gasteiger partial charge in [0.1, 0.15) is 11.6 Å². The standard InChI is InChI=1S/C9H3ClN4/c10-9-13-7-2-5(3-11)1-6(4-12)8(7)14-9/h1-2H,(H,13,14). The number of nitrogens with zero attached hydrogens (tertiary/aromatic N) is 3. The number of fused-ring (bicyclic) bond motifs is 1. The normalized spacial score (nSPS) is 9.64. The molecule has 4 nitrogen and oxygen atoms in total. The topological polar surface area (TPSA) is 76.3 Å². The molecule has 1 heterocycles. The predicted molar refractivity (Wildman–Crippen MR) is 50.5 cm³/mol. The fourth-order valence-corrected chi connectivity index (χ4v) is 1.42. The molecule has 0 aliphatic heterocycles. The summed E-state index contributed by atoms with van der Waals surface area (Å²) in [5, 5.41) is 17.7. The quantitative estimate of drug-likeness (QED) is 0.710. The Bertz CT molecular complexity index is 585. The Labute approximate surface area is 84.4 Å². The van der Waals surface area contributed by atoms with Crippen molar-refractivity contribution in [3.63, 3.8) is 0 Å². The molecule has 0 aliphatic carbocycles. The highest BCUT2D eigenvalue weighted by Crippen LogP contribution is 2.20. The Morgan fingerprint density at radius 1 is 1.29 bits per heavy atom. The Kier molecular flexibility index (Phi) is 1.85. The second kappa shape index (κ2) is 3.02. The lowest BCUT2D eigenvalue weighted by molar-refractivity contribution is 1.34.